The third kappa shape index (κ3) is 3.72. The van der Waals surface area contributed by atoms with Crippen molar-refractivity contribution in [1.29, 1.82) is 0 Å². The molecule has 0 radical (unpaired) electrons. The van der Waals surface area contributed by atoms with Gasteiger partial charge in [-0.05, 0) is 30.3 Å². The van der Waals surface area contributed by atoms with Crippen LogP contribution in [0.2, 0.25) is 5.02 Å². The molecule has 1 amide bonds. The molecule has 0 saturated carbocycles. The first-order valence-corrected chi connectivity index (χ1v) is 6.95. The van der Waals surface area contributed by atoms with Gasteiger partial charge in [0.05, 0.1) is 0 Å². The first-order valence-electron chi connectivity index (χ1n) is 5.78. The monoisotopic (exact) mass is 354 g/mol. The van der Waals surface area contributed by atoms with Crippen LogP contribution in [0.1, 0.15) is 15.9 Å². The van der Waals surface area contributed by atoms with Gasteiger partial charge in [-0.3, -0.25) is 10.2 Å². The fourth-order valence-corrected chi connectivity index (χ4v) is 2.28. The SMILES string of the molecule is NNC(=O)c1ccc(COc2cccc(Cl)c2)c(Br)c1. The number of amides is 1. The molecule has 20 heavy (non-hydrogen) atoms. The Kier molecular flexibility index (Phi) is 5.00. The molecule has 3 N–H and O–H groups in total. The van der Waals surface area contributed by atoms with Crippen molar-refractivity contribution in [1.82, 2.24) is 5.43 Å². The normalized spacial score (nSPS) is 10.2. The number of nitrogen functional groups attached to an aromatic ring is 1. The van der Waals surface area contributed by atoms with Crippen molar-refractivity contribution in [3.63, 3.8) is 0 Å². The number of carbonyl (C=O) groups is 1. The lowest BCUT2D eigenvalue weighted by molar-refractivity contribution is 0.0953. The minimum atomic E-state index is -0.340. The molecule has 0 fully saturated rings. The third-order valence-electron chi connectivity index (χ3n) is 2.64. The van der Waals surface area contributed by atoms with Crippen LogP contribution in [-0.2, 0) is 6.61 Å². The van der Waals surface area contributed by atoms with Crippen molar-refractivity contribution in [2.24, 2.45) is 5.84 Å². The van der Waals surface area contributed by atoms with Crippen molar-refractivity contribution in [3.05, 3.63) is 63.1 Å². The van der Waals surface area contributed by atoms with E-state index in [0.29, 0.717) is 22.9 Å². The highest BCUT2D eigenvalue weighted by atomic mass is 79.9. The molecule has 0 aliphatic carbocycles. The quantitative estimate of drug-likeness (QED) is 0.502. The summed E-state index contributed by atoms with van der Waals surface area (Å²) in [5.41, 5.74) is 3.48. The highest BCUT2D eigenvalue weighted by molar-refractivity contribution is 9.10. The van der Waals surface area contributed by atoms with Gasteiger partial charge >= 0.3 is 0 Å². The number of nitrogens with one attached hydrogen (secondary N) is 1. The molecule has 104 valence electrons. The Bertz CT molecular complexity index is 634. The first kappa shape index (κ1) is 14.8. The van der Waals surface area contributed by atoms with Crippen LogP contribution in [0, 0.1) is 0 Å². The van der Waals surface area contributed by atoms with E-state index >= 15 is 0 Å². The van der Waals surface area contributed by atoms with Crippen LogP contribution in [0.25, 0.3) is 0 Å². The lowest BCUT2D eigenvalue weighted by atomic mass is 10.1. The summed E-state index contributed by atoms with van der Waals surface area (Å²) in [7, 11) is 0. The van der Waals surface area contributed by atoms with Crippen molar-refractivity contribution < 1.29 is 9.53 Å². The van der Waals surface area contributed by atoms with Crippen LogP contribution in [0.15, 0.2) is 46.9 Å². The van der Waals surface area contributed by atoms with Gasteiger partial charge in [-0.2, -0.15) is 0 Å². The zero-order chi connectivity index (χ0) is 14.5. The molecule has 4 nitrogen and oxygen atoms in total. The number of nitrogens with two attached hydrogens (primary N) is 1. The molecule has 2 rings (SSSR count). The van der Waals surface area contributed by atoms with Gasteiger partial charge in [-0.1, -0.05) is 39.7 Å². The summed E-state index contributed by atoms with van der Waals surface area (Å²) in [6, 6.07) is 12.4. The number of rotatable bonds is 4. The Hall–Kier alpha value is -1.56. The largest absolute Gasteiger partial charge is 0.489 e. The van der Waals surface area contributed by atoms with Gasteiger partial charge in [0.1, 0.15) is 12.4 Å². The standard InChI is InChI=1S/C14H12BrClN2O2/c15-13-6-9(14(19)18-17)4-5-10(13)8-20-12-3-1-2-11(16)7-12/h1-7H,8,17H2,(H,18,19). The number of hydrogen-bond donors (Lipinski definition) is 2. The molecule has 0 aliphatic heterocycles. The van der Waals surface area contributed by atoms with E-state index < -0.39 is 0 Å². The van der Waals surface area contributed by atoms with Gasteiger partial charge in [-0.15, -0.1) is 0 Å². The van der Waals surface area contributed by atoms with Crippen LogP contribution in [0.3, 0.4) is 0 Å². The molecule has 0 unspecified atom stereocenters. The Labute approximate surface area is 130 Å². The maximum absolute atomic E-state index is 11.4. The zero-order valence-corrected chi connectivity index (χ0v) is 12.7. The van der Waals surface area contributed by atoms with E-state index in [9.17, 15) is 4.79 Å². The predicted molar refractivity (Wildman–Crippen MR) is 81.6 cm³/mol. The second-order valence-electron chi connectivity index (χ2n) is 4.03. The first-order chi connectivity index (χ1) is 9.60. The van der Waals surface area contributed by atoms with E-state index in [2.05, 4.69) is 21.4 Å². The van der Waals surface area contributed by atoms with Crippen LogP contribution in [0.4, 0.5) is 0 Å². The van der Waals surface area contributed by atoms with Crippen LogP contribution >= 0.6 is 27.5 Å². The van der Waals surface area contributed by atoms with Gasteiger partial charge < -0.3 is 4.74 Å². The Morgan fingerprint density at radius 1 is 1.30 bits per heavy atom. The van der Waals surface area contributed by atoms with Crippen LogP contribution in [-0.4, -0.2) is 5.91 Å². The Balaban J connectivity index is 2.08. The predicted octanol–water partition coefficient (Wildman–Crippen LogP) is 3.29. The number of ether oxygens (including phenoxy) is 1. The van der Waals surface area contributed by atoms with E-state index in [1.807, 2.05) is 12.1 Å². The minimum Gasteiger partial charge on any atom is -0.489 e. The van der Waals surface area contributed by atoms with Gasteiger partial charge in [0.15, 0.2) is 0 Å². The lowest BCUT2D eigenvalue weighted by Gasteiger charge is -2.09. The van der Waals surface area contributed by atoms with E-state index in [1.54, 1.807) is 30.3 Å². The van der Waals surface area contributed by atoms with Crippen molar-refractivity contribution in [2.45, 2.75) is 6.61 Å². The van der Waals surface area contributed by atoms with E-state index in [0.717, 1.165) is 10.0 Å². The number of hydrazine groups is 1. The smallest absolute Gasteiger partial charge is 0.265 e. The maximum Gasteiger partial charge on any atom is 0.265 e. The molecular weight excluding hydrogens is 344 g/mol. The van der Waals surface area contributed by atoms with Crippen molar-refractivity contribution >= 4 is 33.4 Å². The van der Waals surface area contributed by atoms with Gasteiger partial charge in [-0.25, -0.2) is 5.84 Å². The van der Waals surface area contributed by atoms with Gasteiger partial charge in [0.2, 0.25) is 0 Å². The summed E-state index contributed by atoms with van der Waals surface area (Å²) >= 11 is 9.29. The molecule has 2 aromatic rings. The maximum atomic E-state index is 11.4. The van der Waals surface area contributed by atoms with Crippen LogP contribution in [0.5, 0.6) is 5.75 Å². The van der Waals surface area contributed by atoms with Crippen LogP contribution < -0.4 is 16.0 Å². The van der Waals surface area contributed by atoms with Crippen molar-refractivity contribution in [2.75, 3.05) is 0 Å². The fourth-order valence-electron chi connectivity index (χ4n) is 1.61. The summed E-state index contributed by atoms with van der Waals surface area (Å²) in [4.78, 5) is 11.4. The van der Waals surface area contributed by atoms with Gasteiger partial charge in [0, 0.05) is 20.6 Å². The minimum absolute atomic E-state index is 0.340. The second-order valence-corrected chi connectivity index (χ2v) is 5.32. The van der Waals surface area contributed by atoms with E-state index in [1.165, 1.54) is 0 Å². The van der Waals surface area contributed by atoms with E-state index in [-0.39, 0.29) is 5.91 Å². The molecule has 0 aliphatic rings. The van der Waals surface area contributed by atoms with Gasteiger partial charge in [0.25, 0.3) is 5.91 Å². The van der Waals surface area contributed by atoms with Crippen molar-refractivity contribution in [3.8, 4) is 5.75 Å². The summed E-state index contributed by atoms with van der Waals surface area (Å²) in [6.07, 6.45) is 0. The Morgan fingerprint density at radius 3 is 2.75 bits per heavy atom. The number of hydrogen-bond acceptors (Lipinski definition) is 3. The molecule has 0 bridgehead atoms. The lowest BCUT2D eigenvalue weighted by Crippen LogP contribution is -2.29. The highest BCUT2D eigenvalue weighted by Gasteiger charge is 2.07. The molecular formula is C14H12BrClN2O2. The topological polar surface area (TPSA) is 64.3 Å². The second kappa shape index (κ2) is 6.74. The highest BCUT2D eigenvalue weighted by Crippen LogP contribution is 2.22. The Morgan fingerprint density at radius 2 is 2.10 bits per heavy atom. The number of carbonyl (C=O) groups excluding carboxylic acids is 1. The molecule has 0 aromatic heterocycles. The third-order valence-corrected chi connectivity index (χ3v) is 3.61. The molecule has 0 heterocycles. The summed E-state index contributed by atoms with van der Waals surface area (Å²) in [5.74, 6) is 5.44. The average molecular weight is 356 g/mol. The summed E-state index contributed by atoms with van der Waals surface area (Å²) in [5, 5.41) is 0.622. The zero-order valence-electron chi connectivity index (χ0n) is 10.4. The number of halogens is 2. The fraction of sp³-hybridized carbons (Fsp3) is 0.0714. The molecule has 6 heteroatoms. The molecule has 0 saturated heterocycles. The average Bonchev–Trinajstić information content (AvgIpc) is 2.45. The van der Waals surface area contributed by atoms with E-state index in [4.69, 9.17) is 22.2 Å². The summed E-state index contributed by atoms with van der Waals surface area (Å²) < 4.78 is 6.42. The summed E-state index contributed by atoms with van der Waals surface area (Å²) in [6.45, 7) is 0.367. The molecule has 0 spiro atoms. The molecule has 2 aromatic carbocycles. The number of benzene rings is 2. The molecule has 0 atom stereocenters.